The van der Waals surface area contributed by atoms with Crippen LogP contribution >= 0.6 is 0 Å². The molecule has 0 bridgehead atoms. The average molecular weight is 769 g/mol. The van der Waals surface area contributed by atoms with E-state index in [0.717, 1.165) is 93.5 Å². The molecule has 280 valence electrons. The number of hydrogen-bond donors (Lipinski definition) is 0. The van der Waals surface area contributed by atoms with Crippen molar-refractivity contribution in [3.05, 3.63) is 194 Å². The Morgan fingerprint density at radius 2 is 0.850 bits per heavy atom. The Morgan fingerprint density at radius 1 is 0.317 bits per heavy atom. The molecule has 0 aliphatic carbocycles. The summed E-state index contributed by atoms with van der Waals surface area (Å²) in [6, 6.07) is 66.5. The first kappa shape index (κ1) is 33.9. The van der Waals surface area contributed by atoms with E-state index in [4.69, 9.17) is 28.8 Å². The van der Waals surface area contributed by atoms with E-state index < -0.39 is 0 Å². The molecule has 3 aromatic heterocycles. The number of hydrogen-bond acceptors (Lipinski definition) is 6. The van der Waals surface area contributed by atoms with Crippen molar-refractivity contribution >= 4 is 54.6 Å². The summed E-state index contributed by atoms with van der Waals surface area (Å²) in [5, 5.41) is 6.12. The van der Waals surface area contributed by atoms with Crippen molar-refractivity contribution in [2.75, 3.05) is 0 Å². The molecule has 0 aliphatic heterocycles. The first-order valence-corrected chi connectivity index (χ1v) is 20.0. The van der Waals surface area contributed by atoms with E-state index in [-0.39, 0.29) is 0 Å². The van der Waals surface area contributed by atoms with Gasteiger partial charge in [-0.15, -0.1) is 0 Å². The number of oxazole rings is 1. The van der Waals surface area contributed by atoms with Crippen LogP contribution in [0.3, 0.4) is 0 Å². The summed E-state index contributed by atoms with van der Waals surface area (Å²) in [5.74, 6) is 2.33. The van der Waals surface area contributed by atoms with Gasteiger partial charge in [-0.05, 0) is 80.2 Å². The highest BCUT2D eigenvalue weighted by molar-refractivity contribution is 6.25. The number of aromatic nitrogens is 4. The van der Waals surface area contributed by atoms with Gasteiger partial charge in [0.15, 0.2) is 23.1 Å². The van der Waals surface area contributed by atoms with Gasteiger partial charge in [0.25, 0.3) is 0 Å². The Bertz CT molecular complexity index is 3590. The minimum absolute atomic E-state index is 0.571. The molecule has 6 heteroatoms. The predicted octanol–water partition coefficient (Wildman–Crippen LogP) is 14.2. The Labute approximate surface area is 344 Å². The van der Waals surface area contributed by atoms with Crippen LogP contribution in [0.1, 0.15) is 0 Å². The summed E-state index contributed by atoms with van der Waals surface area (Å²) < 4.78 is 13.2. The van der Waals surface area contributed by atoms with Crippen molar-refractivity contribution in [2.24, 2.45) is 0 Å². The van der Waals surface area contributed by atoms with E-state index in [1.807, 2.05) is 48.5 Å². The predicted molar refractivity (Wildman–Crippen MR) is 242 cm³/mol. The maximum atomic E-state index is 6.71. The number of nitrogens with zero attached hydrogens (tertiary/aromatic N) is 4. The van der Waals surface area contributed by atoms with E-state index in [9.17, 15) is 0 Å². The molecular weight excluding hydrogens is 737 g/mol. The standard InChI is InChI=1S/C54H32N4O2/c1-3-11-33(12-4-1)35-21-24-38(25-22-35)51-56-52(40-18-9-17-39(31-40)34-13-5-2-6-14-34)58-53(57-51)41-26-23-37-27-29-46-48(44(37)32-41)49-47(59-46)30-28-45-50(49)60-54(55-45)43-20-10-16-36-15-7-8-19-42(36)43/h1-32H. The summed E-state index contributed by atoms with van der Waals surface area (Å²) in [7, 11) is 0. The van der Waals surface area contributed by atoms with Crippen molar-refractivity contribution in [1.82, 2.24) is 19.9 Å². The fourth-order valence-electron chi connectivity index (χ4n) is 8.40. The molecule has 0 atom stereocenters. The van der Waals surface area contributed by atoms with Gasteiger partial charge in [-0.3, -0.25) is 0 Å². The molecule has 6 nitrogen and oxygen atoms in total. The topological polar surface area (TPSA) is 77.8 Å². The Kier molecular flexibility index (Phi) is 7.74. The second-order valence-electron chi connectivity index (χ2n) is 15.0. The molecule has 0 aliphatic rings. The zero-order chi connectivity index (χ0) is 39.6. The summed E-state index contributed by atoms with van der Waals surface area (Å²) >= 11 is 0. The van der Waals surface area contributed by atoms with Crippen LogP contribution in [0.25, 0.3) is 122 Å². The van der Waals surface area contributed by atoms with Gasteiger partial charge >= 0.3 is 0 Å². The second kappa shape index (κ2) is 13.7. The van der Waals surface area contributed by atoms with Crippen molar-refractivity contribution in [3.63, 3.8) is 0 Å². The SMILES string of the molecule is c1ccc(-c2ccc(-c3nc(-c4cccc(-c5ccccc5)c4)nc(-c4ccc5ccc6oc7ccc8nc(-c9cccc%10ccccc9%10)oc8c7c6c5c4)n3)cc2)cc1. The highest BCUT2D eigenvalue weighted by Gasteiger charge is 2.21. The Balaban J connectivity index is 1.04. The highest BCUT2D eigenvalue weighted by atomic mass is 16.4. The number of fused-ring (bicyclic) bond motifs is 8. The molecule has 60 heavy (non-hydrogen) atoms. The summed E-state index contributed by atoms with van der Waals surface area (Å²) in [6.07, 6.45) is 0. The van der Waals surface area contributed by atoms with E-state index in [1.54, 1.807) is 0 Å². The lowest BCUT2D eigenvalue weighted by Crippen LogP contribution is -2.00. The minimum Gasteiger partial charge on any atom is -0.456 e. The molecule has 0 unspecified atom stereocenters. The van der Waals surface area contributed by atoms with Crippen molar-refractivity contribution in [3.8, 4) is 67.9 Å². The van der Waals surface area contributed by atoms with E-state index in [2.05, 4.69) is 146 Å². The zero-order valence-electron chi connectivity index (χ0n) is 32.1. The third-order valence-corrected chi connectivity index (χ3v) is 11.4. The lowest BCUT2D eigenvalue weighted by molar-refractivity contribution is 0.623. The molecule has 0 amide bonds. The van der Waals surface area contributed by atoms with Gasteiger partial charge in [-0.2, -0.15) is 0 Å². The summed E-state index contributed by atoms with van der Waals surface area (Å²) in [5.41, 5.74) is 11.1. The molecule has 9 aromatic carbocycles. The first-order valence-electron chi connectivity index (χ1n) is 20.0. The average Bonchev–Trinajstić information content (AvgIpc) is 3.94. The Morgan fingerprint density at radius 3 is 1.65 bits per heavy atom. The van der Waals surface area contributed by atoms with E-state index in [1.165, 1.54) is 0 Å². The minimum atomic E-state index is 0.571. The van der Waals surface area contributed by atoms with Crippen LogP contribution in [0, 0.1) is 0 Å². The van der Waals surface area contributed by atoms with E-state index >= 15 is 0 Å². The Hall–Kier alpha value is -8.22. The molecule has 0 saturated carbocycles. The zero-order valence-corrected chi connectivity index (χ0v) is 32.1. The molecule has 0 spiro atoms. The first-order chi connectivity index (χ1) is 29.7. The maximum absolute atomic E-state index is 6.71. The molecule has 0 radical (unpaired) electrons. The van der Waals surface area contributed by atoms with Crippen LogP contribution in [-0.4, -0.2) is 19.9 Å². The van der Waals surface area contributed by atoms with Crippen molar-refractivity contribution < 1.29 is 8.83 Å². The molecule has 0 fully saturated rings. The van der Waals surface area contributed by atoms with Gasteiger partial charge in [0.05, 0.1) is 5.39 Å². The molecule has 12 aromatic rings. The van der Waals surface area contributed by atoms with Gasteiger partial charge in [-0.25, -0.2) is 19.9 Å². The van der Waals surface area contributed by atoms with Gasteiger partial charge in [0, 0.05) is 27.6 Å². The third-order valence-electron chi connectivity index (χ3n) is 11.4. The lowest BCUT2D eigenvalue weighted by atomic mass is 10.0. The molecule has 3 heterocycles. The summed E-state index contributed by atoms with van der Waals surface area (Å²) in [4.78, 5) is 20.4. The number of benzene rings is 9. The normalized spacial score (nSPS) is 11.7. The van der Waals surface area contributed by atoms with Crippen LogP contribution in [0.15, 0.2) is 203 Å². The third kappa shape index (κ3) is 5.73. The summed E-state index contributed by atoms with van der Waals surface area (Å²) in [6.45, 7) is 0. The molecule has 0 saturated heterocycles. The van der Waals surface area contributed by atoms with Crippen LogP contribution in [0.2, 0.25) is 0 Å². The van der Waals surface area contributed by atoms with Crippen molar-refractivity contribution in [2.45, 2.75) is 0 Å². The van der Waals surface area contributed by atoms with E-state index in [0.29, 0.717) is 28.9 Å². The second-order valence-corrected chi connectivity index (χ2v) is 15.0. The molecular formula is C54H32N4O2. The largest absolute Gasteiger partial charge is 0.456 e. The van der Waals surface area contributed by atoms with Gasteiger partial charge in [0.2, 0.25) is 5.89 Å². The van der Waals surface area contributed by atoms with Crippen molar-refractivity contribution in [1.29, 1.82) is 0 Å². The fraction of sp³-hybridized carbons (Fsp3) is 0. The van der Waals surface area contributed by atoms with Gasteiger partial charge in [-0.1, -0.05) is 158 Å². The van der Waals surface area contributed by atoms with Gasteiger partial charge in [0.1, 0.15) is 16.7 Å². The lowest BCUT2D eigenvalue weighted by Gasteiger charge is -2.11. The number of furan rings is 1. The smallest absolute Gasteiger partial charge is 0.227 e. The quantitative estimate of drug-likeness (QED) is 0.168. The molecule has 0 N–H and O–H groups in total. The number of rotatable bonds is 6. The highest BCUT2D eigenvalue weighted by Crippen LogP contribution is 2.42. The van der Waals surface area contributed by atoms with Crippen LogP contribution in [0.4, 0.5) is 0 Å². The van der Waals surface area contributed by atoms with Crippen LogP contribution in [-0.2, 0) is 0 Å². The van der Waals surface area contributed by atoms with Crippen LogP contribution in [0.5, 0.6) is 0 Å². The monoisotopic (exact) mass is 768 g/mol. The fourth-order valence-corrected chi connectivity index (χ4v) is 8.40. The van der Waals surface area contributed by atoms with Gasteiger partial charge < -0.3 is 8.83 Å². The van der Waals surface area contributed by atoms with Crippen LogP contribution < -0.4 is 0 Å². The molecule has 12 rings (SSSR count). The maximum Gasteiger partial charge on any atom is 0.227 e.